The smallest absolute Gasteiger partial charge is 0.287 e. The van der Waals surface area contributed by atoms with Gasteiger partial charge in [-0.15, -0.1) is 0 Å². The lowest BCUT2D eigenvalue weighted by Gasteiger charge is -2.01. The van der Waals surface area contributed by atoms with Gasteiger partial charge in [-0.2, -0.15) is 5.10 Å². The maximum absolute atomic E-state index is 11.9. The molecule has 0 spiro atoms. The molecule has 0 radical (unpaired) electrons. The molecule has 2 N–H and O–H groups in total. The number of imidazole rings is 1. The van der Waals surface area contributed by atoms with Gasteiger partial charge >= 0.3 is 0 Å². The Labute approximate surface area is 121 Å². The normalized spacial score (nSPS) is 10.7. The topological polar surface area (TPSA) is 88.7 Å². The highest BCUT2D eigenvalue weighted by Crippen LogP contribution is 2.09. The summed E-state index contributed by atoms with van der Waals surface area (Å²) in [4.78, 5) is 19.0. The SMILES string of the molecule is O=C(NCCc1ncc[nH]1)c1ccc(Cn2cccn2)o1. The minimum Gasteiger partial charge on any atom is -0.454 e. The van der Waals surface area contributed by atoms with E-state index in [4.69, 9.17) is 4.42 Å². The van der Waals surface area contributed by atoms with Crippen molar-refractivity contribution in [2.45, 2.75) is 13.0 Å². The van der Waals surface area contributed by atoms with Crippen LogP contribution in [0.15, 0.2) is 47.4 Å². The van der Waals surface area contributed by atoms with Crippen LogP contribution in [0, 0.1) is 0 Å². The summed E-state index contributed by atoms with van der Waals surface area (Å²) in [6, 6.07) is 5.29. The standard InChI is InChI=1S/C14H15N5O2/c20-14(17-6-4-13-15-7-8-16-13)12-3-2-11(21-12)10-19-9-1-5-18-19/h1-3,5,7-9H,4,6,10H2,(H,15,16)(H,17,20). The summed E-state index contributed by atoms with van der Waals surface area (Å²) in [7, 11) is 0. The second kappa shape index (κ2) is 6.08. The van der Waals surface area contributed by atoms with E-state index < -0.39 is 0 Å². The molecule has 0 saturated carbocycles. The molecule has 3 heterocycles. The first-order chi connectivity index (χ1) is 10.3. The fourth-order valence-electron chi connectivity index (χ4n) is 1.95. The van der Waals surface area contributed by atoms with Crippen molar-refractivity contribution in [3.8, 4) is 0 Å². The third-order valence-corrected chi connectivity index (χ3v) is 2.96. The zero-order valence-electron chi connectivity index (χ0n) is 11.3. The third kappa shape index (κ3) is 3.38. The molecule has 0 aromatic carbocycles. The molecule has 0 fully saturated rings. The van der Waals surface area contributed by atoms with Crippen LogP contribution in [0.2, 0.25) is 0 Å². The van der Waals surface area contributed by atoms with E-state index in [1.165, 1.54) is 0 Å². The monoisotopic (exact) mass is 285 g/mol. The number of hydrogen-bond acceptors (Lipinski definition) is 4. The Bertz CT molecular complexity index is 685. The average molecular weight is 285 g/mol. The van der Waals surface area contributed by atoms with Gasteiger partial charge in [-0.3, -0.25) is 9.48 Å². The molecule has 0 aliphatic heterocycles. The maximum atomic E-state index is 11.9. The lowest BCUT2D eigenvalue weighted by atomic mass is 10.3. The molecule has 0 unspecified atom stereocenters. The summed E-state index contributed by atoms with van der Waals surface area (Å²) < 4.78 is 7.24. The molecule has 108 valence electrons. The summed E-state index contributed by atoms with van der Waals surface area (Å²) in [5.41, 5.74) is 0. The Morgan fingerprint density at radius 3 is 3.10 bits per heavy atom. The van der Waals surface area contributed by atoms with E-state index in [0.29, 0.717) is 31.0 Å². The number of aromatic nitrogens is 4. The summed E-state index contributed by atoms with van der Waals surface area (Å²) in [6.45, 7) is 1.01. The highest BCUT2D eigenvalue weighted by molar-refractivity contribution is 5.91. The van der Waals surface area contributed by atoms with Crippen LogP contribution in [-0.4, -0.2) is 32.2 Å². The van der Waals surface area contributed by atoms with E-state index in [2.05, 4.69) is 20.4 Å². The van der Waals surface area contributed by atoms with Crippen LogP contribution in [0.1, 0.15) is 22.1 Å². The fraction of sp³-hybridized carbons (Fsp3) is 0.214. The number of H-pyrrole nitrogens is 1. The van der Waals surface area contributed by atoms with Gasteiger partial charge in [0.2, 0.25) is 0 Å². The van der Waals surface area contributed by atoms with Gasteiger partial charge in [0.1, 0.15) is 11.6 Å². The number of aromatic amines is 1. The zero-order chi connectivity index (χ0) is 14.5. The zero-order valence-corrected chi connectivity index (χ0v) is 11.3. The number of hydrogen-bond donors (Lipinski definition) is 2. The van der Waals surface area contributed by atoms with Gasteiger partial charge in [0.15, 0.2) is 5.76 Å². The molecule has 3 rings (SSSR count). The lowest BCUT2D eigenvalue weighted by molar-refractivity contribution is 0.0924. The molecule has 21 heavy (non-hydrogen) atoms. The number of carbonyl (C=O) groups is 1. The van der Waals surface area contributed by atoms with E-state index in [0.717, 1.165) is 5.82 Å². The minimum absolute atomic E-state index is 0.228. The molecule has 0 saturated heterocycles. The van der Waals surface area contributed by atoms with Crippen LogP contribution in [0.4, 0.5) is 0 Å². The van der Waals surface area contributed by atoms with E-state index in [1.54, 1.807) is 35.4 Å². The Balaban J connectivity index is 1.51. The van der Waals surface area contributed by atoms with Gasteiger partial charge in [0.25, 0.3) is 5.91 Å². The number of rotatable bonds is 6. The van der Waals surface area contributed by atoms with Crippen molar-refractivity contribution >= 4 is 5.91 Å². The average Bonchev–Trinajstić information content (AvgIpc) is 3.20. The van der Waals surface area contributed by atoms with Gasteiger partial charge in [0.05, 0.1) is 6.54 Å². The summed E-state index contributed by atoms with van der Waals surface area (Å²) >= 11 is 0. The van der Waals surface area contributed by atoms with E-state index in [-0.39, 0.29) is 5.91 Å². The largest absolute Gasteiger partial charge is 0.454 e. The van der Waals surface area contributed by atoms with Gasteiger partial charge < -0.3 is 14.7 Å². The molecule has 1 amide bonds. The number of amides is 1. The summed E-state index contributed by atoms with van der Waals surface area (Å²) in [6.07, 6.45) is 7.63. The number of carbonyl (C=O) groups excluding carboxylic acids is 1. The van der Waals surface area contributed by atoms with E-state index >= 15 is 0 Å². The van der Waals surface area contributed by atoms with Crippen LogP contribution in [0.3, 0.4) is 0 Å². The van der Waals surface area contributed by atoms with Crippen LogP contribution in [-0.2, 0) is 13.0 Å². The van der Waals surface area contributed by atoms with Gasteiger partial charge in [-0.05, 0) is 18.2 Å². The molecular weight excluding hydrogens is 270 g/mol. The van der Waals surface area contributed by atoms with Gasteiger partial charge in [-0.1, -0.05) is 0 Å². The highest BCUT2D eigenvalue weighted by atomic mass is 16.4. The molecule has 7 heteroatoms. The maximum Gasteiger partial charge on any atom is 0.287 e. The predicted octanol–water partition coefficient (Wildman–Crippen LogP) is 1.22. The van der Waals surface area contributed by atoms with Gasteiger partial charge in [-0.25, -0.2) is 4.98 Å². The van der Waals surface area contributed by atoms with E-state index in [9.17, 15) is 4.79 Å². The molecule has 7 nitrogen and oxygen atoms in total. The molecule has 3 aromatic heterocycles. The molecular formula is C14H15N5O2. The van der Waals surface area contributed by atoms with Crippen molar-refractivity contribution in [3.63, 3.8) is 0 Å². The van der Waals surface area contributed by atoms with Crippen LogP contribution < -0.4 is 5.32 Å². The molecule has 0 atom stereocenters. The van der Waals surface area contributed by atoms with Crippen LogP contribution in [0.5, 0.6) is 0 Å². The first-order valence-electron chi connectivity index (χ1n) is 6.64. The number of nitrogens with one attached hydrogen (secondary N) is 2. The molecule has 0 aliphatic carbocycles. The fourth-order valence-corrected chi connectivity index (χ4v) is 1.95. The first kappa shape index (κ1) is 13.2. The Morgan fingerprint density at radius 2 is 2.33 bits per heavy atom. The third-order valence-electron chi connectivity index (χ3n) is 2.96. The van der Waals surface area contributed by atoms with Crippen molar-refractivity contribution in [2.24, 2.45) is 0 Å². The highest BCUT2D eigenvalue weighted by Gasteiger charge is 2.11. The van der Waals surface area contributed by atoms with Crippen molar-refractivity contribution in [2.75, 3.05) is 6.54 Å². The molecule has 3 aromatic rings. The number of furan rings is 1. The molecule has 0 aliphatic rings. The molecule has 0 bridgehead atoms. The minimum atomic E-state index is -0.228. The van der Waals surface area contributed by atoms with Crippen molar-refractivity contribution in [3.05, 3.63) is 60.3 Å². The summed E-state index contributed by atoms with van der Waals surface area (Å²) in [5.74, 6) is 1.61. The Hall–Kier alpha value is -2.83. The Kier molecular flexibility index (Phi) is 3.81. The number of nitrogens with zero attached hydrogens (tertiary/aromatic N) is 3. The van der Waals surface area contributed by atoms with E-state index in [1.807, 2.05) is 12.3 Å². The van der Waals surface area contributed by atoms with Crippen molar-refractivity contribution in [1.29, 1.82) is 0 Å². The second-order valence-electron chi connectivity index (χ2n) is 4.51. The van der Waals surface area contributed by atoms with Crippen molar-refractivity contribution in [1.82, 2.24) is 25.1 Å². The van der Waals surface area contributed by atoms with Crippen molar-refractivity contribution < 1.29 is 9.21 Å². The Morgan fingerprint density at radius 1 is 1.38 bits per heavy atom. The lowest BCUT2D eigenvalue weighted by Crippen LogP contribution is -2.25. The predicted molar refractivity (Wildman–Crippen MR) is 74.7 cm³/mol. The summed E-state index contributed by atoms with van der Waals surface area (Å²) in [5, 5.41) is 6.88. The van der Waals surface area contributed by atoms with Crippen LogP contribution in [0.25, 0.3) is 0 Å². The van der Waals surface area contributed by atoms with Gasteiger partial charge in [0, 0.05) is 37.8 Å². The quantitative estimate of drug-likeness (QED) is 0.712. The van der Waals surface area contributed by atoms with Crippen LogP contribution >= 0.6 is 0 Å². The second-order valence-corrected chi connectivity index (χ2v) is 4.51. The first-order valence-corrected chi connectivity index (χ1v) is 6.64.